The van der Waals surface area contributed by atoms with Crippen molar-refractivity contribution in [3.8, 4) is 5.75 Å². The molecule has 3 nitrogen and oxygen atoms in total. The zero-order valence-electron chi connectivity index (χ0n) is 9.77. The van der Waals surface area contributed by atoms with Gasteiger partial charge >= 0.3 is 0 Å². The average Bonchev–Trinajstić information content (AvgIpc) is 2.38. The number of hydrogen-bond acceptors (Lipinski definition) is 3. The van der Waals surface area contributed by atoms with E-state index in [2.05, 4.69) is 4.98 Å². The van der Waals surface area contributed by atoms with Crippen molar-refractivity contribution < 1.29 is 4.74 Å². The van der Waals surface area contributed by atoms with Gasteiger partial charge < -0.3 is 10.5 Å². The first-order chi connectivity index (χ1) is 8.70. The molecule has 0 fully saturated rings. The molecule has 0 aliphatic heterocycles. The van der Waals surface area contributed by atoms with E-state index in [1.54, 1.807) is 13.2 Å². The number of methoxy groups -OCH3 is 1. The van der Waals surface area contributed by atoms with E-state index in [-0.39, 0.29) is 0 Å². The number of nitrogens with zero attached hydrogens (tertiary/aromatic N) is 1. The molecular weight excluding hydrogens is 248 g/mol. The highest BCUT2D eigenvalue weighted by atomic mass is 35.5. The van der Waals surface area contributed by atoms with Gasteiger partial charge in [-0.15, -0.1) is 0 Å². The van der Waals surface area contributed by atoms with Gasteiger partial charge in [-0.3, -0.25) is 0 Å². The van der Waals surface area contributed by atoms with Crippen molar-refractivity contribution in [1.82, 2.24) is 4.98 Å². The van der Waals surface area contributed by atoms with E-state index in [0.717, 1.165) is 21.8 Å². The molecule has 3 rings (SSSR count). The lowest BCUT2D eigenvalue weighted by molar-refractivity contribution is 0.415. The van der Waals surface area contributed by atoms with Crippen LogP contribution in [-0.4, -0.2) is 12.1 Å². The monoisotopic (exact) mass is 258 g/mol. The van der Waals surface area contributed by atoms with Gasteiger partial charge in [-0.1, -0.05) is 29.8 Å². The second kappa shape index (κ2) is 4.03. The Bertz CT molecular complexity index is 755. The van der Waals surface area contributed by atoms with Crippen molar-refractivity contribution in [3.05, 3.63) is 41.4 Å². The number of pyridine rings is 1. The fourth-order valence-corrected chi connectivity index (χ4v) is 2.32. The second-order valence-corrected chi connectivity index (χ2v) is 4.45. The molecule has 0 unspecified atom stereocenters. The molecule has 0 bridgehead atoms. The molecule has 0 aliphatic carbocycles. The Morgan fingerprint density at radius 1 is 1.11 bits per heavy atom. The molecular formula is C14H11ClN2O. The minimum absolute atomic E-state index is 0.534. The Labute approximate surface area is 109 Å². The van der Waals surface area contributed by atoms with E-state index in [1.807, 2.05) is 30.3 Å². The zero-order chi connectivity index (χ0) is 12.7. The van der Waals surface area contributed by atoms with Crippen molar-refractivity contribution in [1.29, 1.82) is 0 Å². The Hall–Kier alpha value is -2.00. The number of para-hydroxylation sites is 1. The summed E-state index contributed by atoms with van der Waals surface area (Å²) < 4.78 is 5.20. The molecule has 2 N–H and O–H groups in total. The first-order valence-corrected chi connectivity index (χ1v) is 5.90. The normalized spacial score (nSPS) is 11.0. The maximum Gasteiger partial charge on any atom is 0.138 e. The first-order valence-electron chi connectivity index (χ1n) is 5.52. The molecule has 2 aromatic carbocycles. The molecule has 0 saturated carbocycles. The van der Waals surface area contributed by atoms with Gasteiger partial charge in [0.2, 0.25) is 0 Å². The topological polar surface area (TPSA) is 48.1 Å². The van der Waals surface area contributed by atoms with Crippen LogP contribution in [0, 0.1) is 0 Å². The summed E-state index contributed by atoms with van der Waals surface area (Å²) in [6, 6.07) is 11.4. The summed E-state index contributed by atoms with van der Waals surface area (Å²) in [5, 5.41) is 2.33. The predicted octanol–water partition coefficient (Wildman–Crippen LogP) is 3.63. The number of halogens is 1. The molecule has 0 spiro atoms. The molecule has 1 heterocycles. The van der Waals surface area contributed by atoms with E-state index in [9.17, 15) is 0 Å². The molecule has 4 heteroatoms. The van der Waals surface area contributed by atoms with Crippen LogP contribution >= 0.6 is 11.6 Å². The van der Waals surface area contributed by atoms with Crippen LogP contribution in [0.1, 0.15) is 0 Å². The SMILES string of the molecule is COc1cc2c(N)c3ccccc3nc2cc1Cl. The summed E-state index contributed by atoms with van der Waals surface area (Å²) in [6.45, 7) is 0. The van der Waals surface area contributed by atoms with Crippen molar-refractivity contribution in [2.45, 2.75) is 0 Å². The minimum atomic E-state index is 0.534. The zero-order valence-corrected chi connectivity index (χ0v) is 10.5. The lowest BCUT2D eigenvalue weighted by atomic mass is 10.1. The Morgan fingerprint density at radius 2 is 1.89 bits per heavy atom. The third-order valence-electron chi connectivity index (χ3n) is 3.00. The molecule has 0 saturated heterocycles. The maximum absolute atomic E-state index is 6.19. The number of hydrogen-bond donors (Lipinski definition) is 1. The lowest BCUT2D eigenvalue weighted by Gasteiger charge is -2.09. The largest absolute Gasteiger partial charge is 0.495 e. The molecule has 90 valence electrons. The summed E-state index contributed by atoms with van der Waals surface area (Å²) in [6.07, 6.45) is 0. The number of ether oxygens (including phenoxy) is 1. The van der Waals surface area contributed by atoms with Gasteiger partial charge in [-0.2, -0.15) is 0 Å². The van der Waals surface area contributed by atoms with Gasteiger partial charge in [0.1, 0.15) is 5.75 Å². The van der Waals surface area contributed by atoms with Crippen LogP contribution in [0.3, 0.4) is 0 Å². The van der Waals surface area contributed by atoms with E-state index < -0.39 is 0 Å². The summed E-state index contributed by atoms with van der Waals surface area (Å²) in [5.74, 6) is 0.605. The number of fused-ring (bicyclic) bond motifs is 2. The number of benzene rings is 2. The standard InChI is InChI=1S/C14H11ClN2O/c1-18-13-6-9-12(7-10(13)15)17-11-5-3-2-4-8(11)14(9)16/h2-7H,1H3,(H2,16,17). The molecule has 0 atom stereocenters. The Balaban J connectivity index is 2.48. The highest BCUT2D eigenvalue weighted by Crippen LogP contribution is 2.34. The number of rotatable bonds is 1. The highest BCUT2D eigenvalue weighted by Gasteiger charge is 2.09. The van der Waals surface area contributed by atoms with Gasteiger partial charge in [-0.05, 0) is 18.2 Å². The Kier molecular flexibility index (Phi) is 2.49. The molecule has 3 aromatic rings. The van der Waals surface area contributed by atoms with Crippen molar-refractivity contribution in [2.75, 3.05) is 12.8 Å². The van der Waals surface area contributed by atoms with E-state index in [1.165, 1.54) is 0 Å². The summed E-state index contributed by atoms with van der Waals surface area (Å²) in [7, 11) is 1.58. The molecule has 0 radical (unpaired) electrons. The summed E-state index contributed by atoms with van der Waals surface area (Å²) in [5.41, 5.74) is 8.53. The lowest BCUT2D eigenvalue weighted by Crippen LogP contribution is -1.94. The quantitative estimate of drug-likeness (QED) is 0.678. The van der Waals surface area contributed by atoms with Gasteiger partial charge in [0, 0.05) is 10.8 Å². The van der Waals surface area contributed by atoms with Crippen molar-refractivity contribution in [2.24, 2.45) is 0 Å². The fraction of sp³-hybridized carbons (Fsp3) is 0.0714. The number of nitrogens with two attached hydrogens (primary N) is 1. The van der Waals surface area contributed by atoms with Gasteiger partial charge in [0.05, 0.1) is 28.9 Å². The van der Waals surface area contributed by atoms with Gasteiger partial charge in [0.25, 0.3) is 0 Å². The number of nitrogen functional groups attached to an aromatic ring is 1. The van der Waals surface area contributed by atoms with Crippen molar-refractivity contribution in [3.63, 3.8) is 0 Å². The Morgan fingerprint density at radius 3 is 2.67 bits per heavy atom. The van der Waals surface area contributed by atoms with Crippen LogP contribution < -0.4 is 10.5 Å². The molecule has 1 aromatic heterocycles. The summed E-state index contributed by atoms with van der Waals surface area (Å²) >= 11 is 6.10. The first kappa shape index (κ1) is 11.1. The van der Waals surface area contributed by atoms with Crippen LogP contribution in [0.25, 0.3) is 21.8 Å². The van der Waals surface area contributed by atoms with E-state index in [0.29, 0.717) is 16.5 Å². The third-order valence-corrected chi connectivity index (χ3v) is 3.29. The molecule has 18 heavy (non-hydrogen) atoms. The van der Waals surface area contributed by atoms with Crippen LogP contribution in [0.5, 0.6) is 5.75 Å². The van der Waals surface area contributed by atoms with Gasteiger partial charge in [0.15, 0.2) is 0 Å². The van der Waals surface area contributed by atoms with E-state index >= 15 is 0 Å². The van der Waals surface area contributed by atoms with Crippen molar-refractivity contribution >= 4 is 39.1 Å². The number of anilines is 1. The summed E-state index contributed by atoms with van der Waals surface area (Å²) in [4.78, 5) is 4.55. The molecule has 0 amide bonds. The van der Waals surface area contributed by atoms with Crippen LogP contribution in [0.15, 0.2) is 36.4 Å². The fourth-order valence-electron chi connectivity index (χ4n) is 2.08. The smallest absolute Gasteiger partial charge is 0.138 e. The predicted molar refractivity (Wildman–Crippen MR) is 75.2 cm³/mol. The highest BCUT2D eigenvalue weighted by molar-refractivity contribution is 6.33. The third kappa shape index (κ3) is 1.56. The van der Waals surface area contributed by atoms with Crippen LogP contribution in [0.2, 0.25) is 5.02 Å². The maximum atomic E-state index is 6.19. The molecule has 0 aliphatic rings. The minimum Gasteiger partial charge on any atom is -0.495 e. The van der Waals surface area contributed by atoms with Crippen LogP contribution in [0.4, 0.5) is 5.69 Å². The van der Waals surface area contributed by atoms with E-state index in [4.69, 9.17) is 22.1 Å². The average molecular weight is 259 g/mol. The number of aromatic nitrogens is 1. The van der Waals surface area contributed by atoms with Crippen LogP contribution in [-0.2, 0) is 0 Å². The van der Waals surface area contributed by atoms with Gasteiger partial charge in [-0.25, -0.2) is 4.98 Å². The second-order valence-electron chi connectivity index (χ2n) is 4.05.